The van der Waals surface area contributed by atoms with E-state index in [-0.39, 0.29) is 17.0 Å². The van der Waals surface area contributed by atoms with E-state index in [1.54, 1.807) is 34.2 Å². The number of sulfonamides is 1. The van der Waals surface area contributed by atoms with Gasteiger partial charge in [0.1, 0.15) is 11.9 Å². The summed E-state index contributed by atoms with van der Waals surface area (Å²) in [6.45, 7) is 1.03. The molecule has 1 saturated heterocycles. The van der Waals surface area contributed by atoms with Crippen LogP contribution in [0, 0.1) is 11.8 Å². The Kier molecular flexibility index (Phi) is 4.25. The van der Waals surface area contributed by atoms with Crippen molar-refractivity contribution in [1.29, 1.82) is 0 Å². The molecule has 2 aromatic rings. The van der Waals surface area contributed by atoms with Crippen LogP contribution in [-0.2, 0) is 17.1 Å². The summed E-state index contributed by atoms with van der Waals surface area (Å²) in [6.07, 6.45) is 5.03. The highest BCUT2D eigenvalue weighted by molar-refractivity contribution is 7.89. The molecular formula is C17H20ClN3O3S. The molecule has 0 spiro atoms. The molecule has 0 bridgehead atoms. The average Bonchev–Trinajstić information content (AvgIpc) is 3.27. The van der Waals surface area contributed by atoms with E-state index in [0.29, 0.717) is 24.0 Å². The van der Waals surface area contributed by atoms with E-state index in [0.717, 1.165) is 18.6 Å². The third-order valence-corrected chi connectivity index (χ3v) is 7.11. The number of imidazole rings is 1. The number of benzene rings is 1. The Hall–Kier alpha value is -1.57. The first-order valence-corrected chi connectivity index (χ1v) is 10.2. The maximum Gasteiger partial charge on any atom is 0.262 e. The molecule has 2 aliphatic rings. The minimum Gasteiger partial charge on any atom is -0.490 e. The van der Waals surface area contributed by atoms with E-state index in [2.05, 4.69) is 4.98 Å². The van der Waals surface area contributed by atoms with Crippen molar-refractivity contribution in [2.75, 3.05) is 13.1 Å². The Labute approximate surface area is 152 Å². The van der Waals surface area contributed by atoms with Crippen LogP contribution in [-0.4, -0.2) is 41.5 Å². The van der Waals surface area contributed by atoms with E-state index in [9.17, 15) is 8.42 Å². The van der Waals surface area contributed by atoms with Gasteiger partial charge in [0.15, 0.2) is 5.03 Å². The van der Waals surface area contributed by atoms with Crippen LogP contribution in [0.25, 0.3) is 0 Å². The number of nitrogens with zero attached hydrogens (tertiary/aromatic N) is 3. The number of aryl methyl sites for hydroxylation is 1. The van der Waals surface area contributed by atoms with Crippen molar-refractivity contribution in [3.05, 3.63) is 41.8 Å². The van der Waals surface area contributed by atoms with E-state index in [4.69, 9.17) is 16.3 Å². The van der Waals surface area contributed by atoms with Gasteiger partial charge in [-0.1, -0.05) is 11.6 Å². The molecule has 3 atom stereocenters. The molecule has 2 fully saturated rings. The van der Waals surface area contributed by atoms with Crippen molar-refractivity contribution in [3.63, 3.8) is 0 Å². The molecule has 1 aliphatic carbocycles. The molecular weight excluding hydrogens is 362 g/mol. The van der Waals surface area contributed by atoms with E-state index in [1.807, 2.05) is 12.1 Å². The van der Waals surface area contributed by atoms with Crippen molar-refractivity contribution < 1.29 is 13.2 Å². The summed E-state index contributed by atoms with van der Waals surface area (Å²) in [4.78, 5) is 4.01. The van der Waals surface area contributed by atoms with Crippen LogP contribution in [0.2, 0.25) is 5.02 Å². The highest BCUT2D eigenvalue weighted by Gasteiger charge is 2.47. The van der Waals surface area contributed by atoms with Crippen LogP contribution in [0.4, 0.5) is 0 Å². The second kappa shape index (κ2) is 6.30. The summed E-state index contributed by atoms with van der Waals surface area (Å²) < 4.78 is 34.9. The third-order valence-electron chi connectivity index (χ3n) is 5.14. The van der Waals surface area contributed by atoms with Gasteiger partial charge in [0, 0.05) is 37.3 Å². The summed E-state index contributed by atoms with van der Waals surface area (Å²) >= 11 is 5.91. The summed E-state index contributed by atoms with van der Waals surface area (Å²) in [5.74, 6) is 1.34. The fourth-order valence-electron chi connectivity index (χ4n) is 3.86. The smallest absolute Gasteiger partial charge is 0.262 e. The molecule has 0 radical (unpaired) electrons. The lowest BCUT2D eigenvalue weighted by atomic mass is 9.99. The molecule has 1 aromatic heterocycles. The Morgan fingerprint density at radius 1 is 1.20 bits per heavy atom. The number of rotatable bonds is 4. The van der Waals surface area contributed by atoms with E-state index < -0.39 is 10.0 Å². The number of halogens is 1. The number of aromatic nitrogens is 2. The first-order valence-electron chi connectivity index (χ1n) is 8.34. The largest absolute Gasteiger partial charge is 0.490 e. The van der Waals surface area contributed by atoms with Crippen LogP contribution >= 0.6 is 11.6 Å². The molecule has 0 amide bonds. The number of hydrogen-bond acceptors (Lipinski definition) is 4. The molecule has 2 heterocycles. The predicted molar refractivity (Wildman–Crippen MR) is 94.0 cm³/mol. The molecule has 8 heteroatoms. The second-order valence-electron chi connectivity index (χ2n) is 6.81. The van der Waals surface area contributed by atoms with Crippen molar-refractivity contribution in [2.24, 2.45) is 18.9 Å². The Balaban J connectivity index is 1.48. The monoisotopic (exact) mass is 381 g/mol. The zero-order valence-electron chi connectivity index (χ0n) is 13.9. The normalized spacial score (nSPS) is 26.7. The summed E-state index contributed by atoms with van der Waals surface area (Å²) in [7, 11) is -1.77. The summed E-state index contributed by atoms with van der Waals surface area (Å²) in [5.41, 5.74) is 0. The van der Waals surface area contributed by atoms with Crippen LogP contribution in [0.3, 0.4) is 0 Å². The lowest BCUT2D eigenvalue weighted by Crippen LogP contribution is -2.32. The van der Waals surface area contributed by atoms with Crippen LogP contribution < -0.4 is 4.74 Å². The van der Waals surface area contributed by atoms with Gasteiger partial charge in [-0.25, -0.2) is 13.4 Å². The maximum absolute atomic E-state index is 12.8. The number of fused-ring (bicyclic) bond motifs is 1. The lowest BCUT2D eigenvalue weighted by molar-refractivity contribution is 0.155. The topological polar surface area (TPSA) is 64.4 Å². The fraction of sp³-hybridized carbons (Fsp3) is 0.471. The fourth-order valence-corrected chi connectivity index (χ4v) is 5.49. The molecule has 0 unspecified atom stereocenters. The molecule has 134 valence electrons. The minimum absolute atomic E-state index is 0.0371. The van der Waals surface area contributed by atoms with Crippen LogP contribution in [0.5, 0.6) is 5.75 Å². The van der Waals surface area contributed by atoms with E-state index in [1.165, 1.54) is 6.33 Å². The van der Waals surface area contributed by atoms with Crippen molar-refractivity contribution in [3.8, 4) is 5.75 Å². The number of hydrogen-bond donors (Lipinski definition) is 0. The van der Waals surface area contributed by atoms with Crippen molar-refractivity contribution >= 4 is 21.6 Å². The number of ether oxygens (including phenoxy) is 1. The quantitative estimate of drug-likeness (QED) is 0.816. The predicted octanol–water partition coefficient (Wildman–Crippen LogP) is 2.55. The zero-order chi connectivity index (χ0) is 17.6. The Morgan fingerprint density at radius 2 is 1.96 bits per heavy atom. The molecule has 4 rings (SSSR count). The van der Waals surface area contributed by atoms with Gasteiger partial charge in [-0.15, -0.1) is 0 Å². The molecule has 1 saturated carbocycles. The molecule has 0 N–H and O–H groups in total. The minimum atomic E-state index is -3.53. The summed E-state index contributed by atoms with van der Waals surface area (Å²) in [5, 5.41) is 0.787. The second-order valence-corrected chi connectivity index (χ2v) is 9.13. The van der Waals surface area contributed by atoms with Gasteiger partial charge < -0.3 is 9.30 Å². The van der Waals surface area contributed by atoms with E-state index >= 15 is 0 Å². The highest BCUT2D eigenvalue weighted by atomic mass is 35.5. The summed E-state index contributed by atoms with van der Waals surface area (Å²) in [6, 6.07) is 7.31. The van der Waals surface area contributed by atoms with Gasteiger partial charge in [-0.2, -0.15) is 4.31 Å². The Bertz CT molecular complexity index is 866. The molecule has 1 aromatic carbocycles. The maximum atomic E-state index is 12.8. The van der Waals surface area contributed by atoms with Gasteiger partial charge in [0.25, 0.3) is 10.0 Å². The zero-order valence-corrected chi connectivity index (χ0v) is 15.4. The van der Waals surface area contributed by atoms with Gasteiger partial charge >= 0.3 is 0 Å². The third kappa shape index (κ3) is 3.16. The van der Waals surface area contributed by atoms with Crippen LogP contribution in [0.1, 0.15) is 12.8 Å². The molecule has 25 heavy (non-hydrogen) atoms. The van der Waals surface area contributed by atoms with Crippen molar-refractivity contribution in [1.82, 2.24) is 13.9 Å². The Morgan fingerprint density at radius 3 is 2.64 bits per heavy atom. The first kappa shape index (κ1) is 16.9. The first-order chi connectivity index (χ1) is 11.9. The highest BCUT2D eigenvalue weighted by Crippen LogP contribution is 2.41. The standard InChI is InChI=1S/C17H20ClN3O3S/c1-20-10-17(19-11-20)25(22,23)21-8-12-2-7-16(15(12)9-21)24-14-5-3-13(18)4-6-14/h3-6,10-12,15-16H,2,7-9H2,1H3/t12-,15+,16-/m0/s1. The van der Waals surface area contributed by atoms with Gasteiger partial charge in [-0.05, 0) is 43.0 Å². The SMILES string of the molecule is Cn1cnc(S(=O)(=O)N2C[C@@H]3CC[C@H](Oc4ccc(Cl)cc4)[C@@H]3C2)c1. The average molecular weight is 382 g/mol. The molecule has 6 nitrogen and oxygen atoms in total. The van der Waals surface area contributed by atoms with Gasteiger partial charge in [0.2, 0.25) is 0 Å². The van der Waals surface area contributed by atoms with Gasteiger partial charge in [0.05, 0.1) is 6.33 Å². The van der Waals surface area contributed by atoms with Crippen LogP contribution in [0.15, 0.2) is 41.8 Å². The molecule has 1 aliphatic heterocycles. The lowest BCUT2D eigenvalue weighted by Gasteiger charge is -2.21. The van der Waals surface area contributed by atoms with Crippen molar-refractivity contribution in [2.45, 2.75) is 24.0 Å². The van der Waals surface area contributed by atoms with Gasteiger partial charge in [-0.3, -0.25) is 0 Å².